The van der Waals surface area contributed by atoms with Crippen LogP contribution < -0.4 is 0 Å². The lowest BCUT2D eigenvalue weighted by Crippen LogP contribution is -2.30. The topological polar surface area (TPSA) is 46.5 Å². The smallest absolute Gasteiger partial charge is 0.317 e. The summed E-state index contributed by atoms with van der Waals surface area (Å²) in [5, 5.41) is 0. The van der Waals surface area contributed by atoms with Crippen LogP contribution in [0, 0.1) is 0 Å². The number of unbranched alkanes of at least 4 members (excludes halogenated alkanes) is 4. The monoisotopic (exact) mass is 278 g/mol. The Balaban J connectivity index is 4.56. The zero-order chi connectivity index (χ0) is 13.9. The minimum atomic E-state index is -2.84. The first kappa shape index (κ1) is 18.1. The lowest BCUT2D eigenvalue weighted by Gasteiger charge is -2.33. The molecule has 0 aromatic rings. The molecule has 0 aliphatic heterocycles. The van der Waals surface area contributed by atoms with Crippen LogP contribution in [0.3, 0.4) is 0 Å². The van der Waals surface area contributed by atoms with Crippen molar-refractivity contribution in [2.45, 2.75) is 90.6 Å². The van der Waals surface area contributed by atoms with Crippen molar-refractivity contribution >= 4 is 8.25 Å². The maximum atomic E-state index is 11.1. The lowest BCUT2D eigenvalue weighted by atomic mass is 9.86. The van der Waals surface area contributed by atoms with E-state index in [-0.39, 0.29) is 5.60 Å². The Morgan fingerprint density at radius 3 is 1.72 bits per heavy atom. The van der Waals surface area contributed by atoms with E-state index >= 15 is 0 Å². The van der Waals surface area contributed by atoms with Crippen molar-refractivity contribution in [3.63, 3.8) is 0 Å². The molecule has 0 aliphatic carbocycles. The van der Waals surface area contributed by atoms with Crippen molar-refractivity contribution in [3.8, 4) is 0 Å². The van der Waals surface area contributed by atoms with E-state index in [9.17, 15) is 4.57 Å². The van der Waals surface area contributed by atoms with Gasteiger partial charge in [0.15, 0.2) is 0 Å². The predicted octanol–water partition coefficient (Wildman–Crippen LogP) is 5.08. The molecule has 0 fully saturated rings. The highest BCUT2D eigenvalue weighted by Gasteiger charge is 2.31. The van der Waals surface area contributed by atoms with Gasteiger partial charge in [-0.05, 0) is 19.3 Å². The summed E-state index contributed by atoms with van der Waals surface area (Å²) in [5.41, 5.74) is -0.341. The highest BCUT2D eigenvalue weighted by molar-refractivity contribution is 7.32. The molecule has 3 nitrogen and oxygen atoms in total. The van der Waals surface area contributed by atoms with Gasteiger partial charge in [-0.3, -0.25) is 4.57 Å². The molecule has 0 bridgehead atoms. The molecule has 0 spiro atoms. The molecule has 18 heavy (non-hydrogen) atoms. The van der Waals surface area contributed by atoms with E-state index in [0.29, 0.717) is 0 Å². The molecule has 1 atom stereocenters. The van der Waals surface area contributed by atoms with E-state index < -0.39 is 8.25 Å². The Hall–Kier alpha value is 0.150. The largest absolute Gasteiger partial charge is 0.326 e. The quantitative estimate of drug-likeness (QED) is 0.400. The van der Waals surface area contributed by atoms with E-state index in [1.807, 2.05) is 0 Å². The van der Waals surface area contributed by atoms with Crippen molar-refractivity contribution in [2.24, 2.45) is 0 Å². The van der Waals surface area contributed by atoms with Crippen LogP contribution in [0.5, 0.6) is 0 Å². The lowest BCUT2D eigenvalue weighted by molar-refractivity contribution is 0.0317. The molecule has 4 heteroatoms. The van der Waals surface area contributed by atoms with Crippen molar-refractivity contribution < 1.29 is 14.0 Å². The average molecular weight is 278 g/mol. The van der Waals surface area contributed by atoms with Gasteiger partial charge < -0.3 is 9.42 Å². The molecule has 0 aromatic carbocycles. The van der Waals surface area contributed by atoms with Gasteiger partial charge in [-0.15, -0.1) is 0 Å². The summed E-state index contributed by atoms with van der Waals surface area (Å²) >= 11 is 0. The third-order valence-corrected chi connectivity index (χ3v) is 4.12. The minimum absolute atomic E-state index is 0.341. The summed E-state index contributed by atoms with van der Waals surface area (Å²) in [6, 6.07) is 0. The molecule has 0 saturated carbocycles. The summed E-state index contributed by atoms with van der Waals surface area (Å²) in [7, 11) is -2.84. The SMILES string of the molecule is CCCCCC(CCCC)(CCCC)O[PH](=O)O. The molecule has 0 saturated heterocycles. The fourth-order valence-corrected chi connectivity index (χ4v) is 3.08. The van der Waals surface area contributed by atoms with Crippen molar-refractivity contribution in [3.05, 3.63) is 0 Å². The summed E-state index contributed by atoms with van der Waals surface area (Å²) in [6.45, 7) is 6.48. The molecular formula is C14H31O3P. The van der Waals surface area contributed by atoms with E-state index in [2.05, 4.69) is 20.8 Å². The molecule has 110 valence electrons. The van der Waals surface area contributed by atoms with Crippen LogP contribution in [-0.2, 0) is 9.09 Å². The van der Waals surface area contributed by atoms with Gasteiger partial charge in [0.1, 0.15) is 0 Å². The van der Waals surface area contributed by atoms with Crippen LogP contribution in [0.2, 0.25) is 0 Å². The molecule has 0 aromatic heterocycles. The van der Waals surface area contributed by atoms with E-state index in [4.69, 9.17) is 9.42 Å². The number of hydrogen-bond donors (Lipinski definition) is 1. The fraction of sp³-hybridized carbons (Fsp3) is 1.00. The van der Waals surface area contributed by atoms with Crippen LogP contribution in [0.15, 0.2) is 0 Å². The maximum Gasteiger partial charge on any atom is 0.317 e. The molecule has 0 radical (unpaired) electrons. The average Bonchev–Trinajstić information content (AvgIpc) is 2.33. The highest BCUT2D eigenvalue weighted by atomic mass is 31.1. The maximum absolute atomic E-state index is 11.1. The molecule has 1 N–H and O–H groups in total. The Labute approximate surface area is 113 Å². The molecule has 1 unspecified atom stereocenters. The minimum Gasteiger partial charge on any atom is -0.326 e. The van der Waals surface area contributed by atoms with Crippen LogP contribution in [0.4, 0.5) is 0 Å². The first-order valence-corrected chi connectivity index (χ1v) is 8.78. The van der Waals surface area contributed by atoms with Gasteiger partial charge in [-0.1, -0.05) is 65.7 Å². The van der Waals surface area contributed by atoms with Crippen molar-refractivity contribution in [1.29, 1.82) is 0 Å². The summed E-state index contributed by atoms with van der Waals surface area (Å²) < 4.78 is 16.6. The van der Waals surface area contributed by atoms with Crippen molar-refractivity contribution in [1.82, 2.24) is 0 Å². The highest BCUT2D eigenvalue weighted by Crippen LogP contribution is 2.38. The number of rotatable bonds is 12. The zero-order valence-corrected chi connectivity index (χ0v) is 13.3. The second-order valence-electron chi connectivity index (χ2n) is 5.22. The summed E-state index contributed by atoms with van der Waals surface area (Å²) in [4.78, 5) is 9.17. The fourth-order valence-electron chi connectivity index (χ4n) is 2.41. The normalized spacial score (nSPS) is 13.8. The first-order valence-electron chi connectivity index (χ1n) is 7.52. The van der Waals surface area contributed by atoms with Gasteiger partial charge >= 0.3 is 8.25 Å². The van der Waals surface area contributed by atoms with E-state index in [0.717, 1.165) is 51.4 Å². The van der Waals surface area contributed by atoms with Gasteiger partial charge in [-0.25, -0.2) is 0 Å². The third-order valence-electron chi connectivity index (χ3n) is 3.51. The standard InChI is InChI=1S/C14H31O3P/c1-4-7-10-13-14(11-8-5-2,12-9-6-3)17-18(15)16/h18H,4-13H2,1-3H3,(H,15,16). The van der Waals surface area contributed by atoms with Gasteiger partial charge in [0, 0.05) is 0 Å². The van der Waals surface area contributed by atoms with Crippen LogP contribution in [-0.4, -0.2) is 10.5 Å². The molecule has 0 aliphatic rings. The van der Waals surface area contributed by atoms with E-state index in [1.54, 1.807) is 0 Å². The Morgan fingerprint density at radius 1 is 0.889 bits per heavy atom. The summed E-state index contributed by atoms with van der Waals surface area (Å²) in [5.74, 6) is 0. The van der Waals surface area contributed by atoms with Crippen LogP contribution in [0.1, 0.15) is 85.0 Å². The Bertz CT molecular complexity index is 211. The Morgan fingerprint density at radius 2 is 1.33 bits per heavy atom. The van der Waals surface area contributed by atoms with Crippen LogP contribution >= 0.6 is 8.25 Å². The van der Waals surface area contributed by atoms with Gasteiger partial charge in [0.2, 0.25) is 0 Å². The number of hydrogen-bond acceptors (Lipinski definition) is 2. The second kappa shape index (κ2) is 11.0. The second-order valence-corrected chi connectivity index (χ2v) is 5.95. The molecule has 0 heterocycles. The predicted molar refractivity (Wildman–Crippen MR) is 78.2 cm³/mol. The van der Waals surface area contributed by atoms with Gasteiger partial charge in [0.25, 0.3) is 0 Å². The van der Waals surface area contributed by atoms with Gasteiger partial charge in [0.05, 0.1) is 5.60 Å². The van der Waals surface area contributed by atoms with Crippen LogP contribution in [0.25, 0.3) is 0 Å². The first-order chi connectivity index (χ1) is 8.60. The molecule has 0 amide bonds. The molecular weight excluding hydrogens is 247 g/mol. The Kier molecular flexibility index (Phi) is 11.1. The van der Waals surface area contributed by atoms with Crippen molar-refractivity contribution in [2.75, 3.05) is 0 Å². The zero-order valence-electron chi connectivity index (χ0n) is 12.3. The summed E-state index contributed by atoms with van der Waals surface area (Å²) in [6.07, 6.45) is 10.6. The van der Waals surface area contributed by atoms with Gasteiger partial charge in [-0.2, -0.15) is 0 Å². The van der Waals surface area contributed by atoms with E-state index in [1.165, 1.54) is 12.8 Å². The third kappa shape index (κ3) is 8.29. The molecule has 0 rings (SSSR count).